The van der Waals surface area contributed by atoms with Crippen molar-refractivity contribution in [1.82, 2.24) is 15.0 Å². The number of carboxylic acids is 1. The molecule has 3 rings (SSSR count). The highest BCUT2D eigenvalue weighted by molar-refractivity contribution is 5.97. The molecule has 0 unspecified atom stereocenters. The summed E-state index contributed by atoms with van der Waals surface area (Å²) < 4.78 is 5.10. The monoisotopic (exact) mass is 303 g/mol. The Morgan fingerprint density at radius 2 is 2.23 bits per heavy atom. The summed E-state index contributed by atoms with van der Waals surface area (Å²) in [5, 5.41) is 13.8. The number of likely N-dealkylation sites (tertiary alicyclic amines) is 1. The van der Waals surface area contributed by atoms with Gasteiger partial charge in [0.15, 0.2) is 0 Å². The summed E-state index contributed by atoms with van der Waals surface area (Å²) in [7, 11) is 0. The van der Waals surface area contributed by atoms with Gasteiger partial charge in [0, 0.05) is 19.3 Å². The number of rotatable bonds is 3. The zero-order valence-electron chi connectivity index (χ0n) is 12.4. The predicted octanol–water partition coefficient (Wildman–Crippen LogP) is 1.58. The molecule has 7 nitrogen and oxygen atoms in total. The van der Waals surface area contributed by atoms with Crippen LogP contribution in [0.2, 0.25) is 0 Å². The van der Waals surface area contributed by atoms with E-state index < -0.39 is 11.9 Å². The number of nitrogens with zero attached hydrogens (tertiary/aromatic N) is 3. The van der Waals surface area contributed by atoms with E-state index in [0.29, 0.717) is 24.2 Å². The summed E-state index contributed by atoms with van der Waals surface area (Å²) in [5.41, 5.74) is 1.60. The van der Waals surface area contributed by atoms with Crippen molar-refractivity contribution in [3.8, 4) is 0 Å². The normalized spacial score (nSPS) is 21.5. The molecular weight excluding hydrogens is 286 g/mol. The Bertz CT molecular complexity index is 739. The fraction of sp³-hybridized carbons (Fsp3) is 0.467. The van der Waals surface area contributed by atoms with Crippen LogP contribution in [0.15, 0.2) is 16.8 Å². The highest BCUT2D eigenvalue weighted by Gasteiger charge is 2.37. The lowest BCUT2D eigenvalue weighted by molar-refractivity contribution is -0.142. The van der Waals surface area contributed by atoms with Crippen molar-refractivity contribution >= 4 is 23.0 Å². The molecule has 2 aromatic rings. The molecule has 0 spiro atoms. The van der Waals surface area contributed by atoms with Gasteiger partial charge < -0.3 is 14.5 Å². The first-order chi connectivity index (χ1) is 10.5. The fourth-order valence-electron chi connectivity index (χ4n) is 2.89. The van der Waals surface area contributed by atoms with E-state index >= 15 is 0 Å². The van der Waals surface area contributed by atoms with E-state index in [1.807, 2.05) is 13.8 Å². The lowest BCUT2D eigenvalue weighted by atomic mass is 9.99. The molecule has 0 saturated carbocycles. The first-order valence-electron chi connectivity index (χ1n) is 7.27. The van der Waals surface area contributed by atoms with E-state index in [-0.39, 0.29) is 18.4 Å². The second kappa shape index (κ2) is 5.40. The summed E-state index contributed by atoms with van der Waals surface area (Å²) in [6.07, 6.45) is 2.14. The molecule has 22 heavy (non-hydrogen) atoms. The maximum Gasteiger partial charge on any atom is 0.308 e. The topological polar surface area (TPSA) is 96.5 Å². The number of aryl methyl sites for hydroxylation is 1. The number of hydrogen-bond donors (Lipinski definition) is 1. The Labute approximate surface area is 126 Å². The first-order valence-corrected chi connectivity index (χ1v) is 7.27. The van der Waals surface area contributed by atoms with Crippen LogP contribution >= 0.6 is 0 Å². The number of carboxylic acid groups (broad SMARTS) is 1. The molecule has 3 heterocycles. The molecule has 0 radical (unpaired) electrons. The van der Waals surface area contributed by atoms with Gasteiger partial charge >= 0.3 is 5.97 Å². The lowest BCUT2D eigenvalue weighted by Gasteiger charge is -2.15. The Morgan fingerprint density at radius 1 is 1.45 bits per heavy atom. The molecule has 1 amide bonds. The number of pyridine rings is 1. The molecule has 1 fully saturated rings. The van der Waals surface area contributed by atoms with Gasteiger partial charge in [-0.3, -0.25) is 9.59 Å². The SMILES string of the molecule is CCc1noc2ncc(C(=O)N3C[C@@H](C)[C@H](C(=O)O)C3)cc12. The summed E-state index contributed by atoms with van der Waals surface area (Å²) in [6, 6.07) is 1.72. The molecule has 116 valence electrons. The number of carbonyl (C=O) groups is 2. The second-order valence-electron chi connectivity index (χ2n) is 5.69. The fourth-order valence-corrected chi connectivity index (χ4v) is 2.89. The van der Waals surface area contributed by atoms with Crippen LogP contribution in [0.3, 0.4) is 0 Å². The van der Waals surface area contributed by atoms with Crippen LogP contribution in [-0.2, 0) is 11.2 Å². The van der Waals surface area contributed by atoms with Crippen molar-refractivity contribution in [3.05, 3.63) is 23.5 Å². The zero-order valence-corrected chi connectivity index (χ0v) is 12.4. The maximum atomic E-state index is 12.6. The highest BCUT2D eigenvalue weighted by atomic mass is 16.5. The minimum atomic E-state index is -0.858. The largest absolute Gasteiger partial charge is 0.481 e. The molecule has 1 saturated heterocycles. The Balaban J connectivity index is 1.88. The molecule has 2 atom stereocenters. The number of aliphatic carboxylic acids is 1. The molecule has 2 aromatic heterocycles. The van der Waals surface area contributed by atoms with Crippen LogP contribution in [0.5, 0.6) is 0 Å². The first kappa shape index (κ1) is 14.5. The summed E-state index contributed by atoms with van der Waals surface area (Å²) in [5.74, 6) is -1.63. The van der Waals surface area contributed by atoms with Crippen molar-refractivity contribution in [2.45, 2.75) is 20.3 Å². The van der Waals surface area contributed by atoms with E-state index in [1.165, 1.54) is 6.20 Å². The van der Waals surface area contributed by atoms with Crippen LogP contribution in [0, 0.1) is 11.8 Å². The molecule has 1 N–H and O–H groups in total. The minimum absolute atomic E-state index is 0.0556. The van der Waals surface area contributed by atoms with Crippen molar-refractivity contribution < 1.29 is 19.2 Å². The third-order valence-electron chi connectivity index (χ3n) is 4.20. The minimum Gasteiger partial charge on any atom is -0.481 e. The lowest BCUT2D eigenvalue weighted by Crippen LogP contribution is -2.30. The summed E-state index contributed by atoms with van der Waals surface area (Å²) >= 11 is 0. The van der Waals surface area contributed by atoms with E-state index in [9.17, 15) is 9.59 Å². The molecule has 0 bridgehead atoms. The maximum absolute atomic E-state index is 12.6. The van der Waals surface area contributed by atoms with Crippen molar-refractivity contribution in [1.29, 1.82) is 0 Å². The van der Waals surface area contributed by atoms with Crippen LogP contribution in [0.1, 0.15) is 29.9 Å². The molecular formula is C15H17N3O4. The van der Waals surface area contributed by atoms with Gasteiger partial charge in [-0.2, -0.15) is 0 Å². The number of fused-ring (bicyclic) bond motifs is 1. The zero-order chi connectivity index (χ0) is 15.9. The predicted molar refractivity (Wildman–Crippen MR) is 77.4 cm³/mol. The van der Waals surface area contributed by atoms with Gasteiger partial charge in [0.25, 0.3) is 11.6 Å². The third kappa shape index (κ3) is 2.32. The summed E-state index contributed by atoms with van der Waals surface area (Å²) in [6.45, 7) is 4.48. The highest BCUT2D eigenvalue weighted by Crippen LogP contribution is 2.26. The van der Waals surface area contributed by atoms with Crippen LogP contribution in [0.25, 0.3) is 11.1 Å². The van der Waals surface area contributed by atoms with Crippen LogP contribution in [-0.4, -0.2) is 45.1 Å². The third-order valence-corrected chi connectivity index (χ3v) is 4.20. The van der Waals surface area contributed by atoms with E-state index in [4.69, 9.17) is 9.63 Å². The van der Waals surface area contributed by atoms with Gasteiger partial charge in [-0.05, 0) is 18.4 Å². The molecule has 7 heteroatoms. The number of aromatic nitrogens is 2. The average molecular weight is 303 g/mol. The second-order valence-corrected chi connectivity index (χ2v) is 5.69. The van der Waals surface area contributed by atoms with Crippen molar-refractivity contribution in [2.24, 2.45) is 11.8 Å². The Morgan fingerprint density at radius 3 is 2.86 bits per heavy atom. The number of hydrogen-bond acceptors (Lipinski definition) is 5. The quantitative estimate of drug-likeness (QED) is 0.924. The molecule has 1 aliphatic rings. The van der Waals surface area contributed by atoms with Gasteiger partial charge in [0.2, 0.25) is 0 Å². The summed E-state index contributed by atoms with van der Waals surface area (Å²) in [4.78, 5) is 29.4. The number of amides is 1. The average Bonchev–Trinajstić information content (AvgIpc) is 3.09. The molecule has 1 aliphatic heterocycles. The van der Waals surface area contributed by atoms with Gasteiger partial charge in [-0.1, -0.05) is 19.0 Å². The van der Waals surface area contributed by atoms with Crippen molar-refractivity contribution in [3.63, 3.8) is 0 Å². The van der Waals surface area contributed by atoms with Crippen LogP contribution in [0.4, 0.5) is 0 Å². The van der Waals surface area contributed by atoms with Crippen LogP contribution < -0.4 is 0 Å². The molecule has 0 aliphatic carbocycles. The van der Waals surface area contributed by atoms with Crippen molar-refractivity contribution in [2.75, 3.05) is 13.1 Å². The Hall–Kier alpha value is -2.44. The van der Waals surface area contributed by atoms with E-state index in [0.717, 1.165) is 11.1 Å². The van der Waals surface area contributed by atoms with E-state index in [2.05, 4.69) is 10.1 Å². The standard InChI is InChI=1S/C15H17N3O4/c1-3-12-10-4-9(5-16-13(10)22-17-12)14(19)18-6-8(2)11(7-18)15(20)21/h4-5,8,11H,3,6-7H2,1-2H3,(H,20,21)/t8-,11-/m1/s1. The van der Waals surface area contributed by atoms with E-state index in [1.54, 1.807) is 11.0 Å². The number of carbonyl (C=O) groups excluding carboxylic acids is 1. The van der Waals surface area contributed by atoms with Gasteiger partial charge in [-0.25, -0.2) is 4.98 Å². The molecule has 0 aromatic carbocycles. The smallest absolute Gasteiger partial charge is 0.308 e. The van der Waals surface area contributed by atoms with Gasteiger partial charge in [0.1, 0.15) is 0 Å². The Kier molecular flexibility index (Phi) is 3.56. The van der Waals surface area contributed by atoms with Gasteiger partial charge in [-0.15, -0.1) is 0 Å². The van der Waals surface area contributed by atoms with Gasteiger partial charge in [0.05, 0.1) is 22.6 Å².